The molecule has 4 nitrogen and oxygen atoms in total. The highest BCUT2D eigenvalue weighted by molar-refractivity contribution is 5.37. The minimum Gasteiger partial charge on any atom is -0.494 e. The van der Waals surface area contributed by atoms with Gasteiger partial charge in [-0.25, -0.2) is 4.98 Å². The summed E-state index contributed by atoms with van der Waals surface area (Å²) in [6, 6.07) is 8.41. The molecule has 0 fully saturated rings. The summed E-state index contributed by atoms with van der Waals surface area (Å²) in [7, 11) is 0. The van der Waals surface area contributed by atoms with Crippen LogP contribution in [-0.4, -0.2) is 23.1 Å². The fourth-order valence-electron chi connectivity index (χ4n) is 2.65. The molecule has 4 heteroatoms. The lowest BCUT2D eigenvalue weighted by Crippen LogP contribution is -2.30. The molecule has 100 valence electrons. The van der Waals surface area contributed by atoms with Crippen molar-refractivity contribution in [2.75, 3.05) is 13.2 Å². The van der Waals surface area contributed by atoms with Gasteiger partial charge in [0.15, 0.2) is 0 Å². The predicted molar refractivity (Wildman–Crippen MR) is 74.5 cm³/mol. The van der Waals surface area contributed by atoms with E-state index in [9.17, 15) is 0 Å². The number of hydrogen-bond acceptors (Lipinski definition) is 3. The van der Waals surface area contributed by atoms with Crippen molar-refractivity contribution in [2.45, 2.75) is 26.3 Å². The molecule has 0 spiro atoms. The molecule has 0 saturated carbocycles. The maximum atomic E-state index is 5.57. The van der Waals surface area contributed by atoms with Gasteiger partial charge in [-0.3, -0.25) is 0 Å². The monoisotopic (exact) mass is 257 g/mol. The highest BCUT2D eigenvalue weighted by Gasteiger charge is 2.24. The minimum atomic E-state index is 0.161. The van der Waals surface area contributed by atoms with E-state index in [1.807, 2.05) is 26.0 Å². The largest absolute Gasteiger partial charge is 0.494 e. The lowest BCUT2D eigenvalue weighted by molar-refractivity contribution is 0.339. The van der Waals surface area contributed by atoms with E-state index in [1.165, 1.54) is 11.3 Å². The van der Waals surface area contributed by atoms with Crippen LogP contribution in [0, 0.1) is 6.92 Å². The van der Waals surface area contributed by atoms with Crippen LogP contribution < -0.4 is 10.1 Å². The third kappa shape index (κ3) is 2.36. The average molecular weight is 257 g/mol. The number of nitrogens with zero attached hydrogens (tertiary/aromatic N) is 1. The van der Waals surface area contributed by atoms with Crippen molar-refractivity contribution >= 4 is 0 Å². The fourth-order valence-corrected chi connectivity index (χ4v) is 2.65. The molecule has 1 atom stereocenters. The SMILES string of the molecule is CCOc1cccc(C2NCCc3[nH]c(C)nc32)c1. The Balaban J connectivity index is 1.96. The number of nitrogens with one attached hydrogen (secondary N) is 2. The van der Waals surface area contributed by atoms with Crippen molar-refractivity contribution in [3.63, 3.8) is 0 Å². The van der Waals surface area contributed by atoms with E-state index in [2.05, 4.69) is 27.4 Å². The van der Waals surface area contributed by atoms with E-state index in [4.69, 9.17) is 4.74 Å². The van der Waals surface area contributed by atoms with Crippen molar-refractivity contribution in [3.05, 3.63) is 47.0 Å². The molecule has 2 aromatic rings. The Bertz CT molecular complexity index is 577. The molecular weight excluding hydrogens is 238 g/mol. The normalized spacial score (nSPS) is 18.1. The lowest BCUT2D eigenvalue weighted by Gasteiger charge is -2.23. The van der Waals surface area contributed by atoms with Gasteiger partial charge in [0.2, 0.25) is 0 Å². The van der Waals surface area contributed by atoms with Crippen LogP contribution in [0.1, 0.15) is 35.7 Å². The number of aromatic nitrogens is 2. The molecule has 3 rings (SSSR count). The molecule has 19 heavy (non-hydrogen) atoms. The van der Waals surface area contributed by atoms with Gasteiger partial charge < -0.3 is 15.0 Å². The van der Waals surface area contributed by atoms with Gasteiger partial charge >= 0.3 is 0 Å². The Morgan fingerprint density at radius 3 is 3.16 bits per heavy atom. The Hall–Kier alpha value is -1.81. The van der Waals surface area contributed by atoms with E-state index in [1.54, 1.807) is 0 Å². The first kappa shape index (κ1) is 12.2. The summed E-state index contributed by atoms with van der Waals surface area (Å²) in [6.45, 7) is 5.67. The topological polar surface area (TPSA) is 49.9 Å². The van der Waals surface area contributed by atoms with Crippen LogP contribution >= 0.6 is 0 Å². The first-order chi connectivity index (χ1) is 9.28. The molecule has 1 aliphatic heterocycles. The number of benzene rings is 1. The van der Waals surface area contributed by atoms with Crippen LogP contribution in [-0.2, 0) is 6.42 Å². The molecule has 1 aliphatic rings. The highest BCUT2D eigenvalue weighted by Crippen LogP contribution is 2.28. The number of aryl methyl sites for hydroxylation is 1. The first-order valence-electron chi connectivity index (χ1n) is 6.79. The summed E-state index contributed by atoms with van der Waals surface area (Å²) in [5, 5.41) is 3.54. The molecule has 1 aromatic heterocycles. The fraction of sp³-hybridized carbons (Fsp3) is 0.400. The smallest absolute Gasteiger partial charge is 0.119 e. The molecule has 0 radical (unpaired) electrons. The zero-order valence-corrected chi connectivity index (χ0v) is 11.4. The van der Waals surface area contributed by atoms with E-state index in [-0.39, 0.29) is 6.04 Å². The third-order valence-corrected chi connectivity index (χ3v) is 3.43. The van der Waals surface area contributed by atoms with E-state index in [0.29, 0.717) is 6.61 Å². The Labute approximate surface area is 113 Å². The molecule has 2 N–H and O–H groups in total. The molecule has 1 unspecified atom stereocenters. The summed E-state index contributed by atoms with van der Waals surface area (Å²) in [5.74, 6) is 1.90. The van der Waals surface area contributed by atoms with Crippen molar-refractivity contribution in [3.8, 4) is 5.75 Å². The van der Waals surface area contributed by atoms with Crippen molar-refractivity contribution in [1.29, 1.82) is 0 Å². The maximum Gasteiger partial charge on any atom is 0.119 e. The van der Waals surface area contributed by atoms with E-state index in [0.717, 1.165) is 30.2 Å². The number of imidazole rings is 1. The third-order valence-electron chi connectivity index (χ3n) is 3.43. The molecule has 0 aliphatic carbocycles. The second-order valence-corrected chi connectivity index (χ2v) is 4.83. The number of aromatic amines is 1. The van der Waals surface area contributed by atoms with Gasteiger partial charge in [-0.1, -0.05) is 12.1 Å². The highest BCUT2D eigenvalue weighted by atomic mass is 16.5. The molecular formula is C15H19N3O. The molecule has 0 saturated heterocycles. The zero-order chi connectivity index (χ0) is 13.2. The maximum absolute atomic E-state index is 5.57. The van der Waals surface area contributed by atoms with Crippen LogP contribution in [0.15, 0.2) is 24.3 Å². The molecule has 0 amide bonds. The molecule has 2 heterocycles. The van der Waals surface area contributed by atoms with Gasteiger partial charge in [0.25, 0.3) is 0 Å². The number of rotatable bonds is 3. The van der Waals surface area contributed by atoms with Gasteiger partial charge in [0.05, 0.1) is 18.3 Å². The van der Waals surface area contributed by atoms with Gasteiger partial charge in [-0.2, -0.15) is 0 Å². The second kappa shape index (κ2) is 5.05. The standard InChI is InChI=1S/C15H19N3O/c1-3-19-12-6-4-5-11(9-12)14-15-13(7-8-16-14)17-10(2)18-15/h4-6,9,14,16H,3,7-8H2,1-2H3,(H,17,18). The minimum absolute atomic E-state index is 0.161. The van der Waals surface area contributed by atoms with Crippen LogP contribution in [0.2, 0.25) is 0 Å². The first-order valence-corrected chi connectivity index (χ1v) is 6.79. The van der Waals surface area contributed by atoms with Crippen LogP contribution in [0.5, 0.6) is 5.75 Å². The number of hydrogen-bond donors (Lipinski definition) is 2. The Morgan fingerprint density at radius 1 is 1.42 bits per heavy atom. The Kier molecular flexibility index (Phi) is 3.25. The molecule has 0 bridgehead atoms. The molecule has 1 aromatic carbocycles. The summed E-state index contributed by atoms with van der Waals surface area (Å²) in [4.78, 5) is 7.98. The lowest BCUT2D eigenvalue weighted by atomic mass is 9.98. The second-order valence-electron chi connectivity index (χ2n) is 4.83. The van der Waals surface area contributed by atoms with Crippen LogP contribution in [0.4, 0.5) is 0 Å². The van der Waals surface area contributed by atoms with Gasteiger partial charge in [-0.05, 0) is 31.5 Å². The average Bonchev–Trinajstić information content (AvgIpc) is 2.79. The van der Waals surface area contributed by atoms with E-state index < -0.39 is 0 Å². The number of H-pyrrole nitrogens is 1. The Morgan fingerprint density at radius 2 is 2.32 bits per heavy atom. The summed E-state index contributed by atoms with van der Waals surface area (Å²) < 4.78 is 5.57. The van der Waals surface area contributed by atoms with Gasteiger partial charge in [-0.15, -0.1) is 0 Å². The quantitative estimate of drug-likeness (QED) is 0.887. The summed E-state index contributed by atoms with van der Waals surface area (Å²) in [5.41, 5.74) is 3.58. The predicted octanol–water partition coefficient (Wildman–Crippen LogP) is 2.35. The van der Waals surface area contributed by atoms with Gasteiger partial charge in [0, 0.05) is 18.7 Å². The zero-order valence-electron chi connectivity index (χ0n) is 11.4. The number of fused-ring (bicyclic) bond motifs is 1. The van der Waals surface area contributed by atoms with Crippen LogP contribution in [0.25, 0.3) is 0 Å². The summed E-state index contributed by atoms with van der Waals surface area (Å²) >= 11 is 0. The van der Waals surface area contributed by atoms with Crippen LogP contribution in [0.3, 0.4) is 0 Å². The van der Waals surface area contributed by atoms with Crippen molar-refractivity contribution in [2.24, 2.45) is 0 Å². The van der Waals surface area contributed by atoms with Gasteiger partial charge in [0.1, 0.15) is 11.6 Å². The summed E-state index contributed by atoms with van der Waals surface area (Å²) in [6.07, 6.45) is 1.01. The number of ether oxygens (including phenoxy) is 1. The van der Waals surface area contributed by atoms with Crippen molar-refractivity contribution in [1.82, 2.24) is 15.3 Å². The van der Waals surface area contributed by atoms with E-state index >= 15 is 0 Å². The van der Waals surface area contributed by atoms with Crippen molar-refractivity contribution < 1.29 is 4.74 Å².